The molecule has 140 valence electrons. The highest BCUT2D eigenvalue weighted by Crippen LogP contribution is 2.22. The SMILES string of the molecule is Cc1cc2oc(=O)cc(COC(=O)Cc3ccc4ccccc4c3)c2cc1C. The summed E-state index contributed by atoms with van der Waals surface area (Å²) in [7, 11) is 0. The molecule has 28 heavy (non-hydrogen) atoms. The predicted octanol–water partition coefficient (Wildman–Crippen LogP) is 4.85. The van der Waals surface area contributed by atoms with Crippen molar-refractivity contribution in [3.8, 4) is 0 Å². The van der Waals surface area contributed by atoms with Crippen LogP contribution in [0.3, 0.4) is 0 Å². The summed E-state index contributed by atoms with van der Waals surface area (Å²) < 4.78 is 10.7. The second-order valence-corrected chi connectivity index (χ2v) is 7.04. The normalized spacial score (nSPS) is 11.1. The summed E-state index contributed by atoms with van der Waals surface area (Å²) in [5.41, 5.74) is 3.74. The van der Waals surface area contributed by atoms with Crippen LogP contribution in [0.25, 0.3) is 21.7 Å². The Balaban J connectivity index is 1.52. The van der Waals surface area contributed by atoms with E-state index in [9.17, 15) is 9.59 Å². The van der Waals surface area contributed by atoms with E-state index in [2.05, 4.69) is 0 Å². The Morgan fingerprint density at radius 2 is 1.68 bits per heavy atom. The van der Waals surface area contributed by atoms with Crippen molar-refractivity contribution in [3.05, 3.63) is 93.3 Å². The Bertz CT molecular complexity index is 1250. The summed E-state index contributed by atoms with van der Waals surface area (Å²) in [5, 5.41) is 3.01. The number of benzene rings is 3. The largest absolute Gasteiger partial charge is 0.461 e. The minimum absolute atomic E-state index is 0.0387. The molecular weight excluding hydrogens is 352 g/mol. The van der Waals surface area contributed by atoms with E-state index in [0.29, 0.717) is 11.1 Å². The van der Waals surface area contributed by atoms with E-state index in [0.717, 1.165) is 32.8 Å². The number of aryl methyl sites for hydroxylation is 2. The summed E-state index contributed by atoms with van der Waals surface area (Å²) in [4.78, 5) is 24.2. The molecule has 1 aromatic heterocycles. The van der Waals surface area contributed by atoms with Gasteiger partial charge in [-0.1, -0.05) is 42.5 Å². The topological polar surface area (TPSA) is 56.5 Å². The maximum absolute atomic E-state index is 12.3. The number of carbonyl (C=O) groups excluding carboxylic acids is 1. The zero-order valence-corrected chi connectivity index (χ0v) is 15.8. The van der Waals surface area contributed by atoms with Gasteiger partial charge in [0.1, 0.15) is 12.2 Å². The summed E-state index contributed by atoms with van der Waals surface area (Å²) in [5.74, 6) is -0.333. The lowest BCUT2D eigenvalue weighted by molar-refractivity contribution is -0.144. The molecule has 0 aliphatic carbocycles. The number of ether oxygens (including phenoxy) is 1. The molecule has 4 rings (SSSR count). The molecule has 4 heteroatoms. The van der Waals surface area contributed by atoms with Gasteiger partial charge in [0.2, 0.25) is 0 Å². The average Bonchev–Trinajstić information content (AvgIpc) is 2.67. The van der Waals surface area contributed by atoms with Gasteiger partial charge in [0.25, 0.3) is 0 Å². The number of hydrogen-bond acceptors (Lipinski definition) is 4. The molecule has 0 radical (unpaired) electrons. The quantitative estimate of drug-likeness (QED) is 0.380. The molecule has 0 bridgehead atoms. The van der Waals surface area contributed by atoms with E-state index in [1.165, 1.54) is 6.07 Å². The van der Waals surface area contributed by atoms with Gasteiger partial charge in [0.05, 0.1) is 6.42 Å². The van der Waals surface area contributed by atoms with Crippen LogP contribution in [0.1, 0.15) is 22.3 Å². The number of fused-ring (bicyclic) bond motifs is 2. The van der Waals surface area contributed by atoms with E-state index >= 15 is 0 Å². The second kappa shape index (κ2) is 7.31. The predicted molar refractivity (Wildman–Crippen MR) is 109 cm³/mol. The lowest BCUT2D eigenvalue weighted by Gasteiger charge is -2.09. The number of rotatable bonds is 4. The molecular formula is C24H20O4. The Morgan fingerprint density at radius 3 is 2.50 bits per heavy atom. The molecule has 1 heterocycles. The van der Waals surface area contributed by atoms with E-state index in [1.54, 1.807) is 0 Å². The van der Waals surface area contributed by atoms with Gasteiger partial charge in [-0.05, 0) is 53.4 Å². The average molecular weight is 372 g/mol. The zero-order chi connectivity index (χ0) is 19.7. The maximum Gasteiger partial charge on any atom is 0.336 e. The monoisotopic (exact) mass is 372 g/mol. The third kappa shape index (κ3) is 3.67. The standard InChI is InChI=1S/C24H20O4/c1-15-9-21-20(13-24(26)28-22(21)10-16(15)2)14-27-23(25)12-17-7-8-18-5-3-4-6-19(18)11-17/h3-11,13H,12,14H2,1-2H3. The molecule has 0 aliphatic heterocycles. The van der Waals surface area contributed by atoms with Crippen molar-refractivity contribution in [2.75, 3.05) is 0 Å². The van der Waals surface area contributed by atoms with Gasteiger partial charge in [-0.15, -0.1) is 0 Å². The van der Waals surface area contributed by atoms with Crippen molar-refractivity contribution in [1.29, 1.82) is 0 Å². The molecule has 0 fully saturated rings. The molecule has 4 aromatic rings. The summed E-state index contributed by atoms with van der Waals surface area (Å²) in [6.45, 7) is 4.00. The Morgan fingerprint density at radius 1 is 0.929 bits per heavy atom. The van der Waals surface area contributed by atoms with Crippen molar-refractivity contribution in [3.63, 3.8) is 0 Å². The van der Waals surface area contributed by atoms with Crippen molar-refractivity contribution < 1.29 is 13.9 Å². The molecule has 3 aromatic carbocycles. The first kappa shape index (κ1) is 18.0. The van der Waals surface area contributed by atoms with Crippen LogP contribution in [0.4, 0.5) is 0 Å². The molecule has 4 nitrogen and oxygen atoms in total. The third-order valence-electron chi connectivity index (χ3n) is 5.00. The highest BCUT2D eigenvalue weighted by molar-refractivity contribution is 5.85. The molecule has 0 spiro atoms. The van der Waals surface area contributed by atoms with Crippen LogP contribution in [-0.2, 0) is 22.6 Å². The van der Waals surface area contributed by atoms with Crippen LogP contribution in [0.15, 0.2) is 69.9 Å². The van der Waals surface area contributed by atoms with Crippen molar-refractivity contribution in [2.24, 2.45) is 0 Å². The molecule has 0 unspecified atom stereocenters. The van der Waals surface area contributed by atoms with Crippen molar-refractivity contribution >= 4 is 27.7 Å². The van der Waals surface area contributed by atoms with Gasteiger partial charge in [-0.25, -0.2) is 4.79 Å². The van der Waals surface area contributed by atoms with Crippen LogP contribution in [0.5, 0.6) is 0 Å². The Labute approximate surface area is 162 Å². The maximum atomic E-state index is 12.3. The fraction of sp³-hybridized carbons (Fsp3) is 0.167. The number of carbonyl (C=O) groups is 1. The highest BCUT2D eigenvalue weighted by atomic mass is 16.5. The molecule has 0 saturated carbocycles. The van der Waals surface area contributed by atoms with Crippen LogP contribution in [0, 0.1) is 13.8 Å². The molecule has 0 atom stereocenters. The van der Waals surface area contributed by atoms with Gasteiger partial charge in [-0.2, -0.15) is 0 Å². The second-order valence-electron chi connectivity index (χ2n) is 7.04. The Hall–Kier alpha value is -3.40. The van der Waals surface area contributed by atoms with Crippen LogP contribution in [0.2, 0.25) is 0 Å². The number of esters is 1. The highest BCUT2D eigenvalue weighted by Gasteiger charge is 2.11. The van der Waals surface area contributed by atoms with Gasteiger partial charge < -0.3 is 9.15 Å². The lowest BCUT2D eigenvalue weighted by Crippen LogP contribution is -2.10. The summed E-state index contributed by atoms with van der Waals surface area (Å²) in [6, 6.07) is 19.1. The smallest absolute Gasteiger partial charge is 0.336 e. The lowest BCUT2D eigenvalue weighted by atomic mass is 10.0. The molecule has 0 saturated heterocycles. The van der Waals surface area contributed by atoms with Gasteiger partial charge in [-0.3, -0.25) is 4.79 Å². The van der Waals surface area contributed by atoms with E-state index < -0.39 is 5.63 Å². The fourth-order valence-corrected chi connectivity index (χ4v) is 3.33. The van der Waals surface area contributed by atoms with Crippen molar-refractivity contribution in [1.82, 2.24) is 0 Å². The minimum Gasteiger partial charge on any atom is -0.461 e. The third-order valence-corrected chi connectivity index (χ3v) is 5.00. The zero-order valence-electron chi connectivity index (χ0n) is 15.8. The first-order valence-electron chi connectivity index (χ1n) is 9.17. The Kier molecular flexibility index (Phi) is 4.70. The van der Waals surface area contributed by atoms with Crippen LogP contribution in [-0.4, -0.2) is 5.97 Å². The summed E-state index contributed by atoms with van der Waals surface area (Å²) in [6.07, 6.45) is 0.183. The molecule has 0 amide bonds. The fourth-order valence-electron chi connectivity index (χ4n) is 3.33. The van der Waals surface area contributed by atoms with E-state index in [1.807, 2.05) is 68.4 Å². The van der Waals surface area contributed by atoms with Gasteiger partial charge in [0, 0.05) is 17.0 Å². The van der Waals surface area contributed by atoms with E-state index in [-0.39, 0.29) is 19.0 Å². The first-order valence-corrected chi connectivity index (χ1v) is 9.17. The van der Waals surface area contributed by atoms with Gasteiger partial charge >= 0.3 is 11.6 Å². The molecule has 0 aliphatic rings. The van der Waals surface area contributed by atoms with Crippen LogP contribution < -0.4 is 5.63 Å². The summed E-state index contributed by atoms with van der Waals surface area (Å²) >= 11 is 0. The minimum atomic E-state index is -0.448. The molecule has 0 N–H and O–H groups in total. The number of hydrogen-bond donors (Lipinski definition) is 0. The van der Waals surface area contributed by atoms with E-state index in [4.69, 9.17) is 9.15 Å². The van der Waals surface area contributed by atoms with Crippen molar-refractivity contribution in [2.45, 2.75) is 26.9 Å². The van der Waals surface area contributed by atoms with Gasteiger partial charge in [0.15, 0.2) is 0 Å². The first-order chi connectivity index (χ1) is 13.5. The van der Waals surface area contributed by atoms with Crippen LogP contribution >= 0.6 is 0 Å².